The van der Waals surface area contributed by atoms with Gasteiger partial charge < -0.3 is 5.11 Å². The molecule has 0 unspecified atom stereocenters. The first-order valence-corrected chi connectivity index (χ1v) is 9.33. The number of aryl methyl sites for hydroxylation is 1. The minimum absolute atomic E-state index is 0.127. The van der Waals surface area contributed by atoms with Crippen LogP contribution in [0.5, 0.6) is 5.88 Å². The van der Waals surface area contributed by atoms with Crippen LogP contribution in [0.25, 0.3) is 6.08 Å². The van der Waals surface area contributed by atoms with Gasteiger partial charge in [-0.3, -0.25) is 19.1 Å². The fourth-order valence-corrected chi connectivity index (χ4v) is 2.97. The van der Waals surface area contributed by atoms with Crippen LogP contribution in [0.3, 0.4) is 0 Å². The molecule has 0 aliphatic heterocycles. The lowest BCUT2D eigenvalue weighted by Gasteiger charge is -2.10. The van der Waals surface area contributed by atoms with Crippen molar-refractivity contribution >= 4 is 27.8 Å². The summed E-state index contributed by atoms with van der Waals surface area (Å²) in [6.45, 7) is 0.127. The third-order valence-electron chi connectivity index (χ3n) is 4.18. The average Bonchev–Trinajstić information content (AvgIpc) is 2.68. The molecule has 2 aromatic carbocycles. The van der Waals surface area contributed by atoms with Crippen LogP contribution < -0.4 is 11.2 Å². The number of carbonyl (C=O) groups excluding carboxylic acids is 1. The molecule has 1 heterocycles. The van der Waals surface area contributed by atoms with Gasteiger partial charge >= 0.3 is 5.69 Å². The minimum Gasteiger partial charge on any atom is -0.494 e. The number of halogens is 1. The fourth-order valence-electron chi connectivity index (χ4n) is 2.70. The van der Waals surface area contributed by atoms with Gasteiger partial charge in [-0.05, 0) is 35.8 Å². The summed E-state index contributed by atoms with van der Waals surface area (Å²) in [5, 5.41) is 10.4. The quantitative estimate of drug-likeness (QED) is 0.454. The Labute approximate surface area is 168 Å². The van der Waals surface area contributed by atoms with Gasteiger partial charge in [0, 0.05) is 11.0 Å². The Bertz CT molecular complexity index is 1130. The number of nitrogens with one attached hydrogen (secondary N) is 1. The van der Waals surface area contributed by atoms with Crippen molar-refractivity contribution in [3.05, 3.63) is 103 Å². The van der Waals surface area contributed by atoms with Crippen LogP contribution in [0.4, 0.5) is 0 Å². The Balaban J connectivity index is 1.88. The molecule has 7 heteroatoms. The molecule has 3 rings (SSSR count). The Hall–Kier alpha value is -3.19. The van der Waals surface area contributed by atoms with Gasteiger partial charge in [0.15, 0.2) is 5.78 Å². The van der Waals surface area contributed by atoms with E-state index < -0.39 is 28.5 Å². The highest BCUT2D eigenvalue weighted by Crippen LogP contribution is 2.15. The Morgan fingerprint density at radius 1 is 1.07 bits per heavy atom. The summed E-state index contributed by atoms with van der Waals surface area (Å²) in [5.41, 5.74) is -0.412. The van der Waals surface area contributed by atoms with Gasteiger partial charge in [0.05, 0.1) is 0 Å². The predicted octanol–water partition coefficient (Wildman–Crippen LogP) is 3.14. The first-order valence-electron chi connectivity index (χ1n) is 8.53. The number of ketones is 1. The lowest BCUT2D eigenvalue weighted by atomic mass is 10.1. The van der Waals surface area contributed by atoms with E-state index in [4.69, 9.17) is 0 Å². The number of carbonyl (C=O) groups is 1. The van der Waals surface area contributed by atoms with Crippen molar-refractivity contribution < 1.29 is 9.90 Å². The minimum atomic E-state index is -0.913. The van der Waals surface area contributed by atoms with E-state index in [-0.39, 0.29) is 6.54 Å². The maximum atomic E-state index is 12.5. The highest BCUT2D eigenvalue weighted by Gasteiger charge is 2.19. The number of rotatable bonds is 6. The van der Waals surface area contributed by atoms with E-state index in [1.54, 1.807) is 12.1 Å². The Morgan fingerprint density at radius 3 is 2.43 bits per heavy atom. The van der Waals surface area contributed by atoms with Crippen LogP contribution in [0.15, 0.2) is 74.7 Å². The molecular formula is C21H17BrN2O4. The van der Waals surface area contributed by atoms with Crippen molar-refractivity contribution in [2.45, 2.75) is 13.0 Å². The average molecular weight is 441 g/mol. The number of aromatic hydroxyl groups is 1. The van der Waals surface area contributed by atoms with E-state index in [1.807, 2.05) is 42.5 Å². The fraction of sp³-hybridized carbons (Fsp3) is 0.0952. The summed E-state index contributed by atoms with van der Waals surface area (Å²) in [6.07, 6.45) is 3.19. The van der Waals surface area contributed by atoms with Crippen molar-refractivity contribution in [2.75, 3.05) is 0 Å². The van der Waals surface area contributed by atoms with Gasteiger partial charge in [-0.1, -0.05) is 64.5 Å². The van der Waals surface area contributed by atoms with E-state index >= 15 is 0 Å². The monoisotopic (exact) mass is 440 g/mol. The number of H-pyrrole nitrogens is 1. The third kappa shape index (κ3) is 4.55. The highest BCUT2D eigenvalue weighted by atomic mass is 79.9. The summed E-state index contributed by atoms with van der Waals surface area (Å²) in [7, 11) is 0. The molecule has 0 aliphatic carbocycles. The van der Waals surface area contributed by atoms with Gasteiger partial charge in [0.1, 0.15) is 5.56 Å². The molecule has 0 spiro atoms. The zero-order chi connectivity index (χ0) is 20.1. The number of benzene rings is 2. The molecule has 0 radical (unpaired) electrons. The number of aromatic amines is 1. The maximum Gasteiger partial charge on any atom is 0.331 e. The number of hydrogen-bond donors (Lipinski definition) is 2. The van der Waals surface area contributed by atoms with Crippen LogP contribution in [0.1, 0.15) is 21.5 Å². The summed E-state index contributed by atoms with van der Waals surface area (Å²) in [6, 6.07) is 16.6. The van der Waals surface area contributed by atoms with Gasteiger partial charge in [0.2, 0.25) is 5.88 Å². The standard InChI is InChI=1S/C21H17BrN2O4/c22-16-9-6-15(7-10-16)8-11-17(25)18-19(26)23-21(28)24(20(18)27)13-12-14-4-2-1-3-5-14/h1-11,27H,12-13H2,(H,23,26,28). The summed E-state index contributed by atoms with van der Waals surface area (Å²) in [4.78, 5) is 38.8. The second-order valence-electron chi connectivity index (χ2n) is 6.09. The van der Waals surface area contributed by atoms with Crippen molar-refractivity contribution in [1.82, 2.24) is 9.55 Å². The van der Waals surface area contributed by atoms with E-state index in [0.29, 0.717) is 6.42 Å². The topological polar surface area (TPSA) is 92.2 Å². The van der Waals surface area contributed by atoms with Gasteiger partial charge in [-0.15, -0.1) is 0 Å². The summed E-state index contributed by atoms with van der Waals surface area (Å²) < 4.78 is 1.89. The number of aromatic nitrogens is 2. The summed E-state index contributed by atoms with van der Waals surface area (Å²) >= 11 is 3.33. The SMILES string of the molecule is O=C(C=Cc1ccc(Br)cc1)c1c(O)n(CCc2ccccc2)c(=O)[nH]c1=O. The summed E-state index contributed by atoms with van der Waals surface area (Å²) in [5.74, 6) is -1.31. The van der Waals surface area contributed by atoms with Gasteiger partial charge in [0.25, 0.3) is 5.56 Å². The zero-order valence-corrected chi connectivity index (χ0v) is 16.3. The third-order valence-corrected chi connectivity index (χ3v) is 4.71. The molecule has 2 N–H and O–H groups in total. The second-order valence-corrected chi connectivity index (χ2v) is 7.01. The van der Waals surface area contributed by atoms with Crippen molar-refractivity contribution in [1.29, 1.82) is 0 Å². The largest absolute Gasteiger partial charge is 0.494 e. The van der Waals surface area contributed by atoms with Crippen LogP contribution in [-0.2, 0) is 13.0 Å². The van der Waals surface area contributed by atoms with Crippen molar-refractivity contribution in [2.24, 2.45) is 0 Å². The van der Waals surface area contributed by atoms with E-state index in [0.717, 1.165) is 20.2 Å². The number of hydrogen-bond acceptors (Lipinski definition) is 4. The second kappa shape index (κ2) is 8.67. The van der Waals surface area contributed by atoms with E-state index in [1.165, 1.54) is 12.2 Å². The predicted molar refractivity (Wildman–Crippen MR) is 111 cm³/mol. The molecule has 0 fully saturated rings. The molecule has 6 nitrogen and oxygen atoms in total. The smallest absolute Gasteiger partial charge is 0.331 e. The van der Waals surface area contributed by atoms with Crippen LogP contribution >= 0.6 is 15.9 Å². The lowest BCUT2D eigenvalue weighted by Crippen LogP contribution is -2.34. The van der Waals surface area contributed by atoms with E-state index in [9.17, 15) is 19.5 Å². The first-order chi connectivity index (χ1) is 13.5. The molecule has 142 valence electrons. The van der Waals surface area contributed by atoms with Crippen LogP contribution in [0.2, 0.25) is 0 Å². The Morgan fingerprint density at radius 2 is 1.75 bits per heavy atom. The first kappa shape index (κ1) is 19.6. The van der Waals surface area contributed by atoms with Crippen LogP contribution in [0, 0.1) is 0 Å². The molecule has 28 heavy (non-hydrogen) atoms. The number of allylic oxidation sites excluding steroid dienone is 1. The molecular weight excluding hydrogens is 424 g/mol. The molecule has 0 aliphatic rings. The zero-order valence-electron chi connectivity index (χ0n) is 14.8. The molecule has 0 amide bonds. The lowest BCUT2D eigenvalue weighted by molar-refractivity contribution is 0.104. The van der Waals surface area contributed by atoms with Crippen molar-refractivity contribution in [3.63, 3.8) is 0 Å². The molecule has 3 aromatic rings. The van der Waals surface area contributed by atoms with E-state index in [2.05, 4.69) is 20.9 Å². The van der Waals surface area contributed by atoms with Gasteiger partial charge in [-0.25, -0.2) is 4.79 Å². The maximum absolute atomic E-state index is 12.5. The molecule has 0 atom stereocenters. The molecule has 0 saturated carbocycles. The molecule has 0 bridgehead atoms. The number of nitrogens with zero attached hydrogens (tertiary/aromatic N) is 1. The Kier molecular flexibility index (Phi) is 6.06. The molecule has 0 saturated heterocycles. The normalized spacial score (nSPS) is 11.0. The van der Waals surface area contributed by atoms with Crippen LogP contribution in [-0.4, -0.2) is 20.4 Å². The molecule has 1 aromatic heterocycles. The van der Waals surface area contributed by atoms with Gasteiger partial charge in [-0.2, -0.15) is 0 Å². The highest BCUT2D eigenvalue weighted by molar-refractivity contribution is 9.10. The van der Waals surface area contributed by atoms with Crippen molar-refractivity contribution in [3.8, 4) is 5.88 Å².